The molecule has 148 valence electrons. The van der Waals surface area contributed by atoms with Crippen LogP contribution >= 0.6 is 0 Å². The molecule has 2 saturated heterocycles. The van der Waals surface area contributed by atoms with Crippen LogP contribution in [0.4, 0.5) is 23.5 Å². The van der Waals surface area contributed by atoms with E-state index in [0.717, 1.165) is 32.0 Å². The van der Waals surface area contributed by atoms with Crippen LogP contribution in [0.5, 0.6) is 0 Å². The summed E-state index contributed by atoms with van der Waals surface area (Å²) in [6, 6.07) is 1.31. The highest BCUT2D eigenvalue weighted by atomic mass is 19.3. The molecular weight excluding hydrogens is 376 g/mol. The molecule has 0 amide bonds. The molecule has 0 N–H and O–H groups in total. The fourth-order valence-corrected chi connectivity index (χ4v) is 4.33. The quantitative estimate of drug-likeness (QED) is 0.626. The summed E-state index contributed by atoms with van der Waals surface area (Å²) >= 11 is 0. The molecule has 1 aromatic carbocycles. The Morgan fingerprint density at radius 3 is 2.71 bits per heavy atom. The van der Waals surface area contributed by atoms with E-state index < -0.39 is 23.6 Å². The van der Waals surface area contributed by atoms with E-state index in [-0.39, 0.29) is 16.6 Å². The van der Waals surface area contributed by atoms with Crippen LogP contribution in [-0.4, -0.2) is 56.7 Å². The van der Waals surface area contributed by atoms with E-state index in [4.69, 9.17) is 0 Å². The third-order valence-corrected chi connectivity index (χ3v) is 5.67. The van der Waals surface area contributed by atoms with Crippen molar-refractivity contribution in [2.45, 2.75) is 32.2 Å². The zero-order valence-corrected chi connectivity index (χ0v) is 15.2. The van der Waals surface area contributed by atoms with Gasteiger partial charge >= 0.3 is 0 Å². The molecule has 1 atom stereocenters. The van der Waals surface area contributed by atoms with Gasteiger partial charge < -0.3 is 4.90 Å². The van der Waals surface area contributed by atoms with Crippen molar-refractivity contribution in [1.82, 2.24) is 24.5 Å². The first-order chi connectivity index (χ1) is 13.4. The predicted molar refractivity (Wildman–Crippen MR) is 94.7 cm³/mol. The van der Waals surface area contributed by atoms with Gasteiger partial charge in [-0.05, 0) is 32.4 Å². The monoisotopic (exact) mass is 394 g/mol. The number of alkyl halides is 2. The zero-order valence-electron chi connectivity index (χ0n) is 15.2. The average Bonchev–Trinajstić information content (AvgIpc) is 3.28. The molecule has 4 heterocycles. The first-order valence-electron chi connectivity index (χ1n) is 9.26. The number of anilines is 1. The maximum atomic E-state index is 14.7. The van der Waals surface area contributed by atoms with E-state index in [2.05, 4.69) is 20.0 Å². The van der Waals surface area contributed by atoms with Crippen LogP contribution in [0, 0.1) is 18.6 Å². The second kappa shape index (κ2) is 6.26. The van der Waals surface area contributed by atoms with Gasteiger partial charge in [0.2, 0.25) is 5.95 Å². The zero-order chi connectivity index (χ0) is 19.6. The highest BCUT2D eigenvalue weighted by Gasteiger charge is 2.33. The summed E-state index contributed by atoms with van der Waals surface area (Å²) in [5.74, 6) is -2.19. The Balaban J connectivity index is 1.73. The SMILES string of the molecule is Cc1nc2c3cc(C(F)F)c(F)c(F)c3nc(N3CCN4CCCC4C3)n2n1. The lowest BCUT2D eigenvalue weighted by Gasteiger charge is -2.37. The maximum Gasteiger partial charge on any atom is 0.266 e. The van der Waals surface area contributed by atoms with Crippen LogP contribution in [0.25, 0.3) is 16.6 Å². The van der Waals surface area contributed by atoms with Gasteiger partial charge in [-0.1, -0.05) is 0 Å². The summed E-state index contributed by atoms with van der Waals surface area (Å²) in [4.78, 5) is 13.0. The molecule has 6 nitrogen and oxygen atoms in total. The molecule has 2 fully saturated rings. The molecule has 0 aliphatic carbocycles. The maximum absolute atomic E-state index is 14.7. The minimum absolute atomic E-state index is 0.0260. The van der Waals surface area contributed by atoms with E-state index >= 15 is 0 Å². The molecule has 5 rings (SSSR count). The topological polar surface area (TPSA) is 49.6 Å². The van der Waals surface area contributed by atoms with Gasteiger partial charge in [-0.2, -0.15) is 4.52 Å². The second-order valence-electron chi connectivity index (χ2n) is 7.37. The van der Waals surface area contributed by atoms with Crippen molar-refractivity contribution in [3.8, 4) is 0 Å². The Morgan fingerprint density at radius 2 is 1.93 bits per heavy atom. The number of fused-ring (bicyclic) bond motifs is 4. The highest BCUT2D eigenvalue weighted by molar-refractivity contribution is 5.93. The third-order valence-electron chi connectivity index (χ3n) is 5.67. The van der Waals surface area contributed by atoms with Gasteiger partial charge in [-0.3, -0.25) is 4.90 Å². The van der Waals surface area contributed by atoms with E-state index in [9.17, 15) is 17.6 Å². The lowest BCUT2D eigenvalue weighted by Crippen LogP contribution is -2.51. The van der Waals surface area contributed by atoms with E-state index in [1.807, 2.05) is 4.90 Å². The Kier molecular flexibility index (Phi) is 3.94. The van der Waals surface area contributed by atoms with Crippen LogP contribution in [0.15, 0.2) is 6.07 Å². The van der Waals surface area contributed by atoms with Gasteiger partial charge in [0.1, 0.15) is 11.3 Å². The Labute approximate surface area is 157 Å². The molecule has 28 heavy (non-hydrogen) atoms. The summed E-state index contributed by atoms with van der Waals surface area (Å²) in [5, 5.41) is 4.36. The summed E-state index contributed by atoms with van der Waals surface area (Å²) in [6.07, 6.45) is -0.930. The number of aryl methyl sites for hydroxylation is 1. The van der Waals surface area contributed by atoms with Crippen LogP contribution in [0.1, 0.15) is 30.7 Å². The first-order valence-corrected chi connectivity index (χ1v) is 9.26. The molecule has 0 radical (unpaired) electrons. The van der Waals surface area contributed by atoms with Crippen LogP contribution in [-0.2, 0) is 0 Å². The van der Waals surface area contributed by atoms with Crippen molar-refractivity contribution in [2.75, 3.05) is 31.1 Å². The molecule has 1 unspecified atom stereocenters. The average molecular weight is 394 g/mol. The lowest BCUT2D eigenvalue weighted by molar-refractivity contribution is 0.145. The smallest absolute Gasteiger partial charge is 0.266 e. The van der Waals surface area contributed by atoms with Gasteiger partial charge in [0, 0.05) is 31.1 Å². The van der Waals surface area contributed by atoms with Crippen molar-refractivity contribution < 1.29 is 17.6 Å². The molecular formula is C18H18F4N6. The normalized spacial score (nSPS) is 20.6. The number of hydrogen-bond acceptors (Lipinski definition) is 5. The fourth-order valence-electron chi connectivity index (χ4n) is 4.33. The van der Waals surface area contributed by atoms with Crippen molar-refractivity contribution in [2.24, 2.45) is 0 Å². The highest BCUT2D eigenvalue weighted by Crippen LogP contribution is 2.33. The van der Waals surface area contributed by atoms with Crippen LogP contribution < -0.4 is 4.90 Å². The van der Waals surface area contributed by atoms with Crippen molar-refractivity contribution >= 4 is 22.5 Å². The third kappa shape index (κ3) is 2.54. The number of rotatable bonds is 2. The molecule has 0 bridgehead atoms. The largest absolute Gasteiger partial charge is 0.338 e. The fraction of sp³-hybridized carbons (Fsp3) is 0.500. The van der Waals surface area contributed by atoms with Crippen molar-refractivity contribution in [3.63, 3.8) is 0 Å². The Morgan fingerprint density at radius 1 is 1.11 bits per heavy atom. The molecule has 2 aliphatic heterocycles. The lowest BCUT2D eigenvalue weighted by atomic mass is 10.1. The van der Waals surface area contributed by atoms with Crippen LogP contribution in [0.3, 0.4) is 0 Å². The molecule has 10 heteroatoms. The number of benzene rings is 1. The number of piperazine rings is 1. The van der Waals surface area contributed by atoms with E-state index in [1.54, 1.807) is 6.92 Å². The van der Waals surface area contributed by atoms with Crippen LogP contribution in [0.2, 0.25) is 0 Å². The van der Waals surface area contributed by atoms with Gasteiger partial charge in [0.05, 0.1) is 5.56 Å². The predicted octanol–water partition coefficient (Wildman–Crippen LogP) is 3.09. The minimum atomic E-state index is -3.14. The summed E-state index contributed by atoms with van der Waals surface area (Å²) < 4.78 is 56.6. The second-order valence-corrected chi connectivity index (χ2v) is 7.37. The summed E-state index contributed by atoms with van der Waals surface area (Å²) in [5.41, 5.74) is -1.10. The van der Waals surface area contributed by atoms with Gasteiger partial charge in [0.25, 0.3) is 6.43 Å². The molecule has 3 aromatic rings. The minimum Gasteiger partial charge on any atom is -0.338 e. The van der Waals surface area contributed by atoms with E-state index in [0.29, 0.717) is 30.9 Å². The molecule has 0 saturated carbocycles. The number of halogens is 4. The molecule has 2 aliphatic rings. The number of nitrogens with zero attached hydrogens (tertiary/aromatic N) is 6. The first kappa shape index (κ1) is 17.6. The van der Waals surface area contributed by atoms with Crippen molar-refractivity contribution in [3.05, 3.63) is 29.1 Å². The van der Waals surface area contributed by atoms with Gasteiger partial charge in [-0.15, -0.1) is 5.10 Å². The Hall–Kier alpha value is -2.49. The van der Waals surface area contributed by atoms with Gasteiger partial charge in [-0.25, -0.2) is 27.5 Å². The summed E-state index contributed by atoms with van der Waals surface area (Å²) in [7, 11) is 0. The number of aromatic nitrogens is 4. The van der Waals surface area contributed by atoms with Gasteiger partial charge in [0.15, 0.2) is 17.3 Å². The summed E-state index contributed by atoms with van der Waals surface area (Å²) in [6.45, 7) is 4.94. The number of hydrogen-bond donors (Lipinski definition) is 0. The standard InChI is InChI=1S/C18H18F4N6/c1-9-23-17-12-7-11(16(21)22)13(19)14(20)15(12)24-18(28(17)25-9)27-6-5-26-4-2-3-10(26)8-27/h7,10,16H,2-6,8H2,1H3. The molecule has 2 aromatic heterocycles. The molecule has 0 spiro atoms. The van der Waals surface area contributed by atoms with E-state index in [1.165, 1.54) is 4.52 Å². The Bertz CT molecular complexity index is 1080. The van der Waals surface area contributed by atoms with Crippen molar-refractivity contribution in [1.29, 1.82) is 0 Å².